The standard InChI is InChI=1S/C21H18ClN5O2S/c1-4-14(25-5-2)13-30-21-17(11-24)19(16(10-23)20(22)27-21)18-7-6-15(12-26-18)29-9-8-28-3/h4-7,12H,1-2,8-9,13H2,3H3. The number of nitriles is 2. The first-order valence-corrected chi connectivity index (χ1v) is 10.0. The lowest BCUT2D eigenvalue weighted by Gasteiger charge is -2.12. The van der Waals surface area contributed by atoms with E-state index in [-0.39, 0.29) is 16.3 Å². The molecule has 0 bridgehead atoms. The molecule has 0 saturated carbocycles. The summed E-state index contributed by atoms with van der Waals surface area (Å²) in [4.78, 5) is 12.7. The van der Waals surface area contributed by atoms with E-state index in [2.05, 4.69) is 34.2 Å². The van der Waals surface area contributed by atoms with E-state index in [1.54, 1.807) is 25.3 Å². The van der Waals surface area contributed by atoms with Crippen LogP contribution in [0.15, 0.2) is 53.8 Å². The van der Waals surface area contributed by atoms with Gasteiger partial charge in [-0.05, 0) is 18.2 Å². The number of rotatable bonds is 10. The second kappa shape index (κ2) is 11.7. The van der Waals surface area contributed by atoms with Crippen LogP contribution in [0.1, 0.15) is 11.1 Å². The number of halogens is 1. The zero-order valence-electron chi connectivity index (χ0n) is 16.3. The molecule has 2 heterocycles. The summed E-state index contributed by atoms with van der Waals surface area (Å²) in [6, 6.07) is 7.52. The molecule has 0 spiro atoms. The minimum absolute atomic E-state index is 0.00275. The van der Waals surface area contributed by atoms with Gasteiger partial charge in [-0.2, -0.15) is 10.5 Å². The Morgan fingerprint density at radius 2 is 2.03 bits per heavy atom. The summed E-state index contributed by atoms with van der Waals surface area (Å²) in [6.45, 7) is 8.09. The van der Waals surface area contributed by atoms with Gasteiger partial charge in [0.05, 0.1) is 29.8 Å². The molecule has 2 rings (SSSR count). The van der Waals surface area contributed by atoms with E-state index < -0.39 is 0 Å². The first-order chi connectivity index (χ1) is 14.6. The molecule has 9 heteroatoms. The number of aliphatic imine (C=N–C) groups is 1. The van der Waals surface area contributed by atoms with Gasteiger partial charge in [0, 0.05) is 24.6 Å². The summed E-state index contributed by atoms with van der Waals surface area (Å²) in [5.74, 6) is 0.942. The SMILES string of the molecule is C=CN=C(C=C)CSc1nc(Cl)c(C#N)c(-c2ccc(OCCOC)cn2)c1C#N. The molecule has 152 valence electrons. The van der Waals surface area contributed by atoms with Gasteiger partial charge >= 0.3 is 0 Å². The van der Waals surface area contributed by atoms with Crippen molar-refractivity contribution in [1.29, 1.82) is 10.5 Å². The number of hydrogen-bond donors (Lipinski definition) is 0. The third-order valence-corrected chi connectivity index (χ3v) is 5.02. The zero-order valence-corrected chi connectivity index (χ0v) is 17.8. The molecule has 0 aliphatic rings. The molecule has 0 aliphatic carbocycles. The van der Waals surface area contributed by atoms with Gasteiger partial charge < -0.3 is 9.47 Å². The van der Waals surface area contributed by atoms with Gasteiger partial charge in [0.15, 0.2) is 0 Å². The Kier molecular flexibility index (Phi) is 9.04. The van der Waals surface area contributed by atoms with Gasteiger partial charge in [0.2, 0.25) is 0 Å². The molecule has 0 saturated heterocycles. The summed E-state index contributed by atoms with van der Waals surface area (Å²) in [6.07, 6.45) is 4.52. The maximum absolute atomic E-state index is 9.81. The van der Waals surface area contributed by atoms with Crippen molar-refractivity contribution in [3.63, 3.8) is 0 Å². The minimum atomic E-state index is -0.00275. The summed E-state index contributed by atoms with van der Waals surface area (Å²) in [5.41, 5.74) is 1.70. The Morgan fingerprint density at radius 1 is 1.27 bits per heavy atom. The summed E-state index contributed by atoms with van der Waals surface area (Å²) < 4.78 is 10.5. The molecule has 2 aromatic heterocycles. The first kappa shape index (κ1) is 23.1. The number of methoxy groups -OCH3 is 1. The highest BCUT2D eigenvalue weighted by atomic mass is 35.5. The number of pyridine rings is 2. The molecule has 0 amide bonds. The van der Waals surface area contributed by atoms with Crippen LogP contribution in [0.25, 0.3) is 11.3 Å². The van der Waals surface area contributed by atoms with Crippen molar-refractivity contribution in [3.8, 4) is 29.1 Å². The molecule has 0 fully saturated rings. The molecule has 30 heavy (non-hydrogen) atoms. The Morgan fingerprint density at radius 3 is 2.60 bits per heavy atom. The molecule has 7 nitrogen and oxygen atoms in total. The number of hydrogen-bond acceptors (Lipinski definition) is 8. The predicted molar refractivity (Wildman–Crippen MR) is 118 cm³/mol. The van der Waals surface area contributed by atoms with Gasteiger partial charge in [-0.1, -0.05) is 36.5 Å². The normalized spacial score (nSPS) is 10.7. The number of nitrogens with zero attached hydrogens (tertiary/aromatic N) is 5. The van der Waals surface area contributed by atoms with Gasteiger partial charge in [-0.25, -0.2) is 4.98 Å². The van der Waals surface area contributed by atoms with Crippen LogP contribution in [0.2, 0.25) is 5.15 Å². The molecule has 0 radical (unpaired) electrons. The van der Waals surface area contributed by atoms with Crippen LogP contribution < -0.4 is 4.74 Å². The van der Waals surface area contributed by atoms with Crippen LogP contribution in [-0.4, -0.2) is 41.8 Å². The lowest BCUT2D eigenvalue weighted by atomic mass is 10.0. The Bertz CT molecular complexity index is 1040. The topological polar surface area (TPSA) is 104 Å². The van der Waals surface area contributed by atoms with E-state index in [0.29, 0.717) is 46.7 Å². The van der Waals surface area contributed by atoms with Crippen molar-refractivity contribution in [3.05, 3.63) is 60.0 Å². The van der Waals surface area contributed by atoms with Gasteiger partial charge in [0.1, 0.15) is 40.2 Å². The minimum Gasteiger partial charge on any atom is -0.490 e. The fourth-order valence-corrected chi connectivity index (χ4v) is 3.56. The monoisotopic (exact) mass is 439 g/mol. The van der Waals surface area contributed by atoms with Crippen LogP contribution in [0.3, 0.4) is 0 Å². The van der Waals surface area contributed by atoms with Crippen LogP contribution in [0, 0.1) is 22.7 Å². The molecular weight excluding hydrogens is 422 g/mol. The van der Waals surface area contributed by atoms with Gasteiger partial charge in [-0.3, -0.25) is 9.98 Å². The van der Waals surface area contributed by atoms with Crippen LogP contribution >= 0.6 is 23.4 Å². The Hall–Kier alpha value is -3.17. The summed E-state index contributed by atoms with van der Waals surface area (Å²) in [7, 11) is 1.58. The van der Waals surface area contributed by atoms with E-state index in [1.807, 2.05) is 6.07 Å². The summed E-state index contributed by atoms with van der Waals surface area (Å²) in [5, 5.41) is 19.8. The average Bonchev–Trinajstić information content (AvgIpc) is 2.76. The maximum atomic E-state index is 9.81. The largest absolute Gasteiger partial charge is 0.490 e. The number of aromatic nitrogens is 2. The second-order valence-corrected chi connectivity index (χ2v) is 6.89. The Labute approximate surface area is 184 Å². The fraction of sp³-hybridized carbons (Fsp3) is 0.190. The smallest absolute Gasteiger partial charge is 0.148 e. The van der Waals surface area contributed by atoms with Crippen molar-refractivity contribution in [1.82, 2.24) is 9.97 Å². The zero-order chi connectivity index (χ0) is 21.9. The van der Waals surface area contributed by atoms with Crippen molar-refractivity contribution in [2.75, 3.05) is 26.1 Å². The lowest BCUT2D eigenvalue weighted by molar-refractivity contribution is 0.146. The van der Waals surface area contributed by atoms with E-state index in [1.165, 1.54) is 24.2 Å². The van der Waals surface area contributed by atoms with E-state index >= 15 is 0 Å². The van der Waals surface area contributed by atoms with Crippen molar-refractivity contribution in [2.45, 2.75) is 5.03 Å². The first-order valence-electron chi connectivity index (χ1n) is 8.64. The number of allylic oxidation sites excluding steroid dienone is 1. The van der Waals surface area contributed by atoms with E-state index in [9.17, 15) is 10.5 Å². The van der Waals surface area contributed by atoms with Crippen molar-refractivity contribution in [2.24, 2.45) is 4.99 Å². The van der Waals surface area contributed by atoms with Crippen LogP contribution in [0.5, 0.6) is 5.75 Å². The third kappa shape index (κ3) is 5.68. The molecule has 0 N–H and O–H groups in total. The molecule has 0 aromatic carbocycles. The molecule has 2 aromatic rings. The highest BCUT2D eigenvalue weighted by Gasteiger charge is 2.22. The average molecular weight is 440 g/mol. The predicted octanol–water partition coefficient (Wildman–Crippen LogP) is 4.43. The number of thioether (sulfide) groups is 1. The Balaban J connectivity index is 2.47. The van der Waals surface area contributed by atoms with E-state index in [0.717, 1.165) is 0 Å². The molecular formula is C21H18ClN5O2S. The van der Waals surface area contributed by atoms with Crippen molar-refractivity contribution < 1.29 is 9.47 Å². The van der Waals surface area contributed by atoms with Crippen molar-refractivity contribution >= 4 is 29.1 Å². The highest BCUT2D eigenvalue weighted by molar-refractivity contribution is 8.00. The quantitative estimate of drug-likeness (QED) is 0.233. The maximum Gasteiger partial charge on any atom is 0.148 e. The summed E-state index contributed by atoms with van der Waals surface area (Å²) >= 11 is 7.51. The van der Waals surface area contributed by atoms with Gasteiger partial charge in [-0.15, -0.1) is 0 Å². The molecule has 0 unspecified atom stereocenters. The lowest BCUT2D eigenvalue weighted by Crippen LogP contribution is -2.05. The molecule has 0 aliphatic heterocycles. The fourth-order valence-electron chi connectivity index (χ4n) is 2.37. The van der Waals surface area contributed by atoms with E-state index in [4.69, 9.17) is 21.1 Å². The van der Waals surface area contributed by atoms with Crippen LogP contribution in [0.4, 0.5) is 0 Å². The number of ether oxygens (including phenoxy) is 2. The van der Waals surface area contributed by atoms with Crippen LogP contribution in [-0.2, 0) is 4.74 Å². The highest BCUT2D eigenvalue weighted by Crippen LogP contribution is 2.35. The second-order valence-electron chi connectivity index (χ2n) is 5.57. The third-order valence-electron chi connectivity index (χ3n) is 3.74. The molecule has 0 atom stereocenters. The van der Waals surface area contributed by atoms with Gasteiger partial charge in [0.25, 0.3) is 0 Å².